The number of phenols is 1. The lowest BCUT2D eigenvalue weighted by atomic mass is 10.2. The molecule has 0 radical (unpaired) electrons. The van der Waals surface area contributed by atoms with E-state index in [0.717, 1.165) is 6.07 Å². The lowest BCUT2D eigenvalue weighted by Crippen LogP contribution is -1.87. The van der Waals surface area contributed by atoms with Crippen molar-refractivity contribution in [3.05, 3.63) is 28.3 Å². The summed E-state index contributed by atoms with van der Waals surface area (Å²) in [5, 5.41) is 8.43. The number of rotatable bonds is 0. The Morgan fingerprint density at radius 1 is 1.45 bits per heavy atom. The highest BCUT2D eigenvalue weighted by Crippen LogP contribution is 2.29. The number of hydrogen-bond acceptors (Lipinski definition) is 1. The molecule has 0 atom stereocenters. The van der Waals surface area contributed by atoms with Crippen LogP contribution in [0.2, 0.25) is 5.02 Å². The Labute approximate surface area is 67.2 Å². The van der Waals surface area contributed by atoms with Gasteiger partial charge in [-0.05, 0) is 18.6 Å². The topological polar surface area (TPSA) is 20.2 Å². The lowest BCUT2D eigenvalue weighted by molar-refractivity contribution is 0.396. The molecule has 0 unspecified atom stereocenters. The van der Waals surface area contributed by atoms with Crippen molar-refractivity contribution in [1.82, 2.24) is 0 Å². The van der Waals surface area contributed by atoms with Gasteiger partial charge in [-0.1, -0.05) is 11.6 Å². The quantitative estimate of drug-likeness (QED) is 0.606. The molecule has 0 fully saturated rings. The molecule has 0 aliphatic rings. The van der Waals surface area contributed by atoms with Crippen molar-refractivity contribution in [2.75, 3.05) is 0 Å². The van der Waals surface area contributed by atoms with Gasteiger partial charge in [-0.25, -0.2) is 8.78 Å². The molecule has 11 heavy (non-hydrogen) atoms. The van der Waals surface area contributed by atoms with Crippen LogP contribution >= 0.6 is 11.6 Å². The second-order valence-electron chi connectivity index (χ2n) is 2.15. The molecule has 1 rings (SSSR count). The molecule has 4 heteroatoms. The number of halogens is 3. The van der Waals surface area contributed by atoms with Crippen LogP contribution < -0.4 is 0 Å². The van der Waals surface area contributed by atoms with Crippen molar-refractivity contribution in [3.8, 4) is 5.75 Å². The molecular weight excluding hydrogens is 174 g/mol. The third-order valence-corrected chi connectivity index (χ3v) is 1.78. The summed E-state index contributed by atoms with van der Waals surface area (Å²) in [5.74, 6) is -3.13. The zero-order valence-corrected chi connectivity index (χ0v) is 6.41. The van der Waals surface area contributed by atoms with Crippen LogP contribution in [0.3, 0.4) is 0 Å². The molecule has 1 aromatic rings. The maximum atomic E-state index is 12.6. The summed E-state index contributed by atoms with van der Waals surface area (Å²) in [6.45, 7) is 1.45. The van der Waals surface area contributed by atoms with E-state index in [2.05, 4.69) is 0 Å². The van der Waals surface area contributed by atoms with Crippen molar-refractivity contribution in [3.63, 3.8) is 0 Å². The highest BCUT2D eigenvalue weighted by atomic mass is 35.5. The fourth-order valence-corrected chi connectivity index (χ4v) is 0.848. The highest BCUT2D eigenvalue weighted by Gasteiger charge is 2.13. The van der Waals surface area contributed by atoms with Crippen LogP contribution in [-0.4, -0.2) is 5.11 Å². The first-order valence-electron chi connectivity index (χ1n) is 2.87. The summed E-state index contributed by atoms with van der Waals surface area (Å²) < 4.78 is 25.1. The van der Waals surface area contributed by atoms with E-state index in [-0.39, 0.29) is 10.6 Å². The Kier molecular flexibility index (Phi) is 2.00. The number of benzene rings is 1. The maximum absolute atomic E-state index is 12.6. The van der Waals surface area contributed by atoms with Gasteiger partial charge in [0.15, 0.2) is 17.4 Å². The van der Waals surface area contributed by atoms with Gasteiger partial charge in [-0.15, -0.1) is 0 Å². The summed E-state index contributed by atoms with van der Waals surface area (Å²) in [4.78, 5) is 0. The molecule has 0 aliphatic heterocycles. The van der Waals surface area contributed by atoms with E-state index in [1.165, 1.54) is 6.92 Å². The van der Waals surface area contributed by atoms with E-state index in [9.17, 15) is 8.78 Å². The van der Waals surface area contributed by atoms with Crippen molar-refractivity contribution >= 4 is 11.6 Å². The van der Waals surface area contributed by atoms with Gasteiger partial charge < -0.3 is 5.11 Å². The molecule has 1 N–H and O–H groups in total. The first-order chi connectivity index (χ1) is 5.04. The van der Waals surface area contributed by atoms with Gasteiger partial charge in [-0.2, -0.15) is 0 Å². The van der Waals surface area contributed by atoms with E-state index in [0.29, 0.717) is 0 Å². The number of hydrogen-bond donors (Lipinski definition) is 1. The fourth-order valence-electron chi connectivity index (χ4n) is 0.704. The molecular formula is C7H5ClF2O. The third-order valence-electron chi connectivity index (χ3n) is 1.32. The van der Waals surface area contributed by atoms with Gasteiger partial charge in [0.1, 0.15) is 0 Å². The minimum atomic E-state index is -1.11. The molecule has 0 aromatic heterocycles. The van der Waals surface area contributed by atoms with Gasteiger partial charge in [0.05, 0.1) is 5.02 Å². The van der Waals surface area contributed by atoms with Crippen LogP contribution in [0.25, 0.3) is 0 Å². The van der Waals surface area contributed by atoms with Crippen LogP contribution in [0.15, 0.2) is 6.07 Å². The molecule has 0 saturated heterocycles. The molecule has 0 bridgehead atoms. The van der Waals surface area contributed by atoms with Crippen molar-refractivity contribution in [2.24, 2.45) is 0 Å². The first kappa shape index (κ1) is 8.27. The summed E-state index contributed by atoms with van der Waals surface area (Å²) in [7, 11) is 0. The predicted octanol–water partition coefficient (Wildman–Crippen LogP) is 2.63. The average molecular weight is 179 g/mol. The van der Waals surface area contributed by atoms with Gasteiger partial charge in [0, 0.05) is 0 Å². The monoisotopic (exact) mass is 178 g/mol. The second kappa shape index (κ2) is 2.66. The predicted molar refractivity (Wildman–Crippen MR) is 37.8 cm³/mol. The molecule has 1 aromatic carbocycles. The number of aromatic hydroxyl groups is 1. The Morgan fingerprint density at radius 2 is 2.00 bits per heavy atom. The summed E-state index contributed by atoms with van der Waals surface area (Å²) in [6.07, 6.45) is 0. The average Bonchev–Trinajstić information content (AvgIpc) is 1.97. The fraction of sp³-hybridized carbons (Fsp3) is 0.143. The zero-order valence-electron chi connectivity index (χ0n) is 5.66. The van der Waals surface area contributed by atoms with E-state index in [1.54, 1.807) is 0 Å². The number of phenolic OH excluding ortho intramolecular Hbond substituents is 1. The van der Waals surface area contributed by atoms with Crippen LogP contribution in [-0.2, 0) is 0 Å². The van der Waals surface area contributed by atoms with E-state index < -0.39 is 17.4 Å². The van der Waals surface area contributed by atoms with Crippen LogP contribution in [0.4, 0.5) is 8.78 Å². The Hall–Kier alpha value is -0.830. The molecule has 0 amide bonds. The van der Waals surface area contributed by atoms with E-state index >= 15 is 0 Å². The Balaban J connectivity index is 3.46. The van der Waals surface area contributed by atoms with Crippen LogP contribution in [0.1, 0.15) is 5.56 Å². The lowest BCUT2D eigenvalue weighted by Gasteiger charge is -2.01. The van der Waals surface area contributed by atoms with Gasteiger partial charge in [-0.3, -0.25) is 0 Å². The van der Waals surface area contributed by atoms with Crippen LogP contribution in [0, 0.1) is 18.6 Å². The first-order valence-corrected chi connectivity index (χ1v) is 3.25. The highest BCUT2D eigenvalue weighted by molar-refractivity contribution is 6.31. The summed E-state index contributed by atoms with van der Waals surface area (Å²) >= 11 is 5.35. The van der Waals surface area contributed by atoms with E-state index in [4.69, 9.17) is 16.7 Å². The van der Waals surface area contributed by atoms with Crippen molar-refractivity contribution in [1.29, 1.82) is 0 Å². The molecule has 0 spiro atoms. The van der Waals surface area contributed by atoms with Gasteiger partial charge in [0.25, 0.3) is 0 Å². The summed E-state index contributed by atoms with van der Waals surface area (Å²) in [6, 6.07) is 0.973. The second-order valence-corrected chi connectivity index (χ2v) is 2.53. The minimum Gasteiger partial charge on any atom is -0.503 e. The maximum Gasteiger partial charge on any atom is 0.189 e. The Bertz CT molecular complexity index is 273. The number of aryl methyl sites for hydroxylation is 1. The van der Waals surface area contributed by atoms with E-state index in [1.807, 2.05) is 0 Å². The Morgan fingerprint density at radius 3 is 2.55 bits per heavy atom. The SMILES string of the molecule is Cc1cc(F)c(O)c(F)c1Cl. The molecule has 0 aliphatic carbocycles. The molecule has 0 heterocycles. The molecule has 0 saturated carbocycles. The van der Waals surface area contributed by atoms with Crippen molar-refractivity contribution in [2.45, 2.75) is 6.92 Å². The third kappa shape index (κ3) is 1.28. The zero-order chi connectivity index (χ0) is 8.59. The van der Waals surface area contributed by atoms with Crippen molar-refractivity contribution < 1.29 is 13.9 Å². The molecule has 1 nitrogen and oxygen atoms in total. The largest absolute Gasteiger partial charge is 0.503 e. The summed E-state index contributed by atoms with van der Waals surface area (Å²) in [5.41, 5.74) is 0.263. The molecule has 60 valence electrons. The van der Waals surface area contributed by atoms with Gasteiger partial charge in [0.2, 0.25) is 0 Å². The van der Waals surface area contributed by atoms with Gasteiger partial charge >= 0.3 is 0 Å². The smallest absolute Gasteiger partial charge is 0.189 e. The normalized spacial score (nSPS) is 10.2. The minimum absolute atomic E-state index is 0.246. The standard InChI is InChI=1S/C7H5ClF2O/c1-3-2-4(9)7(11)6(10)5(3)8/h2,11H,1H3. The van der Waals surface area contributed by atoms with Crippen LogP contribution in [0.5, 0.6) is 5.75 Å².